The van der Waals surface area contributed by atoms with Gasteiger partial charge in [-0.15, -0.1) is 0 Å². The Kier molecular flexibility index (Phi) is 4.56. The summed E-state index contributed by atoms with van der Waals surface area (Å²) in [6.45, 7) is 7.31. The molecular weight excluding hydrogens is 314 g/mol. The van der Waals surface area contributed by atoms with E-state index in [1.165, 1.54) is 16.8 Å². The van der Waals surface area contributed by atoms with Crippen LogP contribution in [-0.2, 0) is 11.2 Å². The maximum absolute atomic E-state index is 11.7. The molecular formula is C16H19N3O3S. The number of hydrogen-bond acceptors (Lipinski definition) is 6. The van der Waals surface area contributed by atoms with Gasteiger partial charge in [-0.2, -0.15) is 10.1 Å². The van der Waals surface area contributed by atoms with Crippen LogP contribution < -0.4 is 9.47 Å². The highest BCUT2D eigenvalue weighted by molar-refractivity contribution is 8.27. The molecule has 0 unspecified atom stereocenters. The lowest BCUT2D eigenvalue weighted by Gasteiger charge is -2.15. The van der Waals surface area contributed by atoms with Gasteiger partial charge in [0.15, 0.2) is 5.17 Å². The second kappa shape index (κ2) is 6.62. The van der Waals surface area contributed by atoms with Crippen LogP contribution in [0.5, 0.6) is 11.5 Å². The van der Waals surface area contributed by atoms with Gasteiger partial charge in [-0.3, -0.25) is 9.79 Å². The molecule has 0 aliphatic carbocycles. The van der Waals surface area contributed by atoms with Gasteiger partial charge in [-0.25, -0.2) is 0 Å². The monoisotopic (exact) mass is 333 g/mol. The number of aryl methyl sites for hydroxylation is 1. The molecule has 2 aliphatic rings. The van der Waals surface area contributed by atoms with E-state index < -0.39 is 0 Å². The van der Waals surface area contributed by atoms with Crippen molar-refractivity contribution in [2.45, 2.75) is 27.2 Å². The van der Waals surface area contributed by atoms with Crippen molar-refractivity contribution < 1.29 is 14.3 Å². The van der Waals surface area contributed by atoms with Crippen molar-refractivity contribution in [2.24, 2.45) is 10.1 Å². The molecule has 7 heteroatoms. The van der Waals surface area contributed by atoms with Gasteiger partial charge in [0.25, 0.3) is 5.91 Å². The zero-order valence-electron chi connectivity index (χ0n) is 13.5. The maximum atomic E-state index is 11.7. The molecule has 0 N–H and O–H groups in total. The van der Waals surface area contributed by atoms with Crippen molar-refractivity contribution in [3.05, 3.63) is 23.3 Å². The number of carbonyl (C=O) groups is 1. The maximum Gasteiger partial charge on any atom is 0.271 e. The van der Waals surface area contributed by atoms with Crippen LogP contribution >= 0.6 is 11.8 Å². The summed E-state index contributed by atoms with van der Waals surface area (Å²) in [5, 5.41) is 7.15. The predicted molar refractivity (Wildman–Crippen MR) is 91.4 cm³/mol. The fourth-order valence-electron chi connectivity index (χ4n) is 2.47. The number of amides is 1. The van der Waals surface area contributed by atoms with Gasteiger partial charge < -0.3 is 9.47 Å². The topological polar surface area (TPSA) is 63.5 Å². The first-order valence-corrected chi connectivity index (χ1v) is 8.56. The molecule has 0 radical (unpaired) electrons. The summed E-state index contributed by atoms with van der Waals surface area (Å²) in [5.74, 6) is 1.45. The zero-order chi connectivity index (χ0) is 16.4. The lowest BCUT2D eigenvalue weighted by atomic mass is 10.1. The lowest BCUT2D eigenvalue weighted by molar-refractivity contribution is -0.124. The van der Waals surface area contributed by atoms with Crippen molar-refractivity contribution >= 4 is 27.9 Å². The molecule has 23 heavy (non-hydrogen) atoms. The first kappa shape index (κ1) is 15.9. The summed E-state index contributed by atoms with van der Waals surface area (Å²) >= 11 is 1.40. The summed E-state index contributed by atoms with van der Waals surface area (Å²) in [4.78, 5) is 15.9. The number of benzene rings is 1. The molecule has 0 saturated heterocycles. The smallest absolute Gasteiger partial charge is 0.271 e. The number of fused-ring (bicyclic) bond motifs is 1. The minimum absolute atomic E-state index is 0.0953. The molecule has 0 bridgehead atoms. The van der Waals surface area contributed by atoms with E-state index in [0.717, 1.165) is 28.3 Å². The fourth-order valence-corrected chi connectivity index (χ4v) is 3.39. The number of aliphatic imine (C=N–C) groups is 1. The van der Waals surface area contributed by atoms with E-state index in [4.69, 9.17) is 9.47 Å². The summed E-state index contributed by atoms with van der Waals surface area (Å²) in [5.41, 5.74) is 1.97. The highest BCUT2D eigenvalue weighted by Crippen LogP contribution is 2.36. The molecule has 1 amide bonds. The Morgan fingerprint density at radius 1 is 1.17 bits per heavy atom. The normalized spacial score (nSPS) is 16.3. The minimum Gasteiger partial charge on any atom is -0.493 e. The Hall–Kier alpha value is -2.02. The second-order valence-corrected chi connectivity index (χ2v) is 5.94. The Morgan fingerprint density at radius 3 is 2.57 bits per heavy atom. The summed E-state index contributed by atoms with van der Waals surface area (Å²) in [6, 6.07) is 3.95. The van der Waals surface area contributed by atoms with Gasteiger partial charge in [0.1, 0.15) is 23.1 Å². The fraction of sp³-hybridized carbons (Fsp3) is 0.438. The van der Waals surface area contributed by atoms with Crippen molar-refractivity contribution in [1.29, 1.82) is 0 Å². The van der Waals surface area contributed by atoms with Crippen molar-refractivity contribution in [3.63, 3.8) is 0 Å². The number of hydrogen-bond donors (Lipinski definition) is 0. The predicted octanol–water partition coefficient (Wildman–Crippen LogP) is 2.65. The molecule has 2 aliphatic heterocycles. The molecule has 1 aromatic rings. The van der Waals surface area contributed by atoms with E-state index in [1.54, 1.807) is 0 Å². The average molecular weight is 333 g/mol. The van der Waals surface area contributed by atoms with Crippen LogP contribution in [0.15, 0.2) is 22.2 Å². The number of nitrogens with zero attached hydrogens (tertiary/aromatic N) is 3. The van der Waals surface area contributed by atoms with E-state index >= 15 is 0 Å². The first-order valence-electron chi connectivity index (χ1n) is 7.74. The molecule has 6 nitrogen and oxygen atoms in total. The van der Waals surface area contributed by atoms with Crippen LogP contribution in [0.2, 0.25) is 0 Å². The summed E-state index contributed by atoms with van der Waals surface area (Å²) in [7, 11) is 0. The molecule has 3 rings (SSSR count). The van der Waals surface area contributed by atoms with Crippen molar-refractivity contribution in [1.82, 2.24) is 5.01 Å². The van der Waals surface area contributed by atoms with Crippen LogP contribution in [0.25, 0.3) is 0 Å². The van der Waals surface area contributed by atoms with Gasteiger partial charge in [0.05, 0.1) is 18.8 Å². The van der Waals surface area contributed by atoms with Crippen LogP contribution in [0.3, 0.4) is 0 Å². The molecule has 122 valence electrons. The highest BCUT2D eigenvalue weighted by atomic mass is 32.2. The van der Waals surface area contributed by atoms with E-state index in [1.807, 2.05) is 26.0 Å². The minimum atomic E-state index is -0.0953. The molecule has 0 saturated carbocycles. The van der Waals surface area contributed by atoms with E-state index in [2.05, 4.69) is 17.0 Å². The average Bonchev–Trinajstić information content (AvgIpc) is 3.11. The standard InChI is InChI=1S/C16H19N3O3S/c1-4-10-7-11(13(22-6-3)8-12(10)21-5-2)15-18-19-14(20)9-17-16(19)23-15/h7-8H,4-6,9H2,1-3H3. The molecule has 0 aromatic heterocycles. The SMILES string of the molecule is CCOc1cc(OCC)c(C2=NN3C(=O)CN=C3S2)cc1CC. The Labute approximate surface area is 139 Å². The van der Waals surface area contributed by atoms with Gasteiger partial charge in [-0.1, -0.05) is 6.92 Å². The van der Waals surface area contributed by atoms with Crippen molar-refractivity contribution in [3.8, 4) is 11.5 Å². The Morgan fingerprint density at radius 2 is 1.91 bits per heavy atom. The molecule has 0 fully saturated rings. The number of amidine groups is 1. The van der Waals surface area contributed by atoms with Crippen LogP contribution in [0.1, 0.15) is 31.9 Å². The van der Waals surface area contributed by atoms with E-state index in [0.29, 0.717) is 24.1 Å². The quantitative estimate of drug-likeness (QED) is 0.803. The molecule has 1 aromatic carbocycles. The van der Waals surface area contributed by atoms with Gasteiger partial charge in [0, 0.05) is 6.07 Å². The Balaban J connectivity index is 2.02. The Bertz CT molecular complexity index is 700. The molecule has 0 spiro atoms. The molecule has 0 atom stereocenters. The van der Waals surface area contributed by atoms with Gasteiger partial charge >= 0.3 is 0 Å². The number of rotatable bonds is 6. The third-order valence-electron chi connectivity index (χ3n) is 3.52. The van der Waals surface area contributed by atoms with Crippen LogP contribution in [0.4, 0.5) is 0 Å². The van der Waals surface area contributed by atoms with Gasteiger partial charge in [0.2, 0.25) is 0 Å². The summed E-state index contributed by atoms with van der Waals surface area (Å²) in [6.07, 6.45) is 0.844. The van der Waals surface area contributed by atoms with Crippen LogP contribution in [0, 0.1) is 0 Å². The summed E-state index contributed by atoms with van der Waals surface area (Å²) < 4.78 is 11.5. The number of thioether (sulfide) groups is 1. The lowest BCUT2D eigenvalue weighted by Crippen LogP contribution is -2.21. The number of carbonyl (C=O) groups excluding carboxylic acids is 1. The number of ether oxygens (including phenoxy) is 2. The second-order valence-electron chi connectivity index (χ2n) is 4.99. The van der Waals surface area contributed by atoms with E-state index in [-0.39, 0.29) is 12.5 Å². The first-order chi connectivity index (χ1) is 11.2. The van der Waals surface area contributed by atoms with E-state index in [9.17, 15) is 4.79 Å². The van der Waals surface area contributed by atoms with Gasteiger partial charge in [-0.05, 0) is 43.7 Å². The molecule has 2 heterocycles. The highest BCUT2D eigenvalue weighted by Gasteiger charge is 2.34. The largest absolute Gasteiger partial charge is 0.493 e. The van der Waals surface area contributed by atoms with Crippen LogP contribution in [-0.4, -0.2) is 40.9 Å². The third kappa shape index (κ3) is 2.93. The van der Waals surface area contributed by atoms with Crippen molar-refractivity contribution in [2.75, 3.05) is 19.8 Å². The third-order valence-corrected chi connectivity index (χ3v) is 4.50. The number of hydrazone groups is 1. The zero-order valence-corrected chi connectivity index (χ0v) is 14.3.